The van der Waals surface area contributed by atoms with Crippen molar-refractivity contribution < 1.29 is 0 Å². The molecule has 0 aliphatic rings. The molecule has 0 aromatic heterocycles. The topological polar surface area (TPSA) is 0 Å². The molecule has 0 nitrogen and oxygen atoms in total. The van der Waals surface area contributed by atoms with Gasteiger partial charge >= 0.3 is 0 Å². The number of rotatable bonds is 9. The monoisotopic (exact) mass is 1120 g/mol. The zero-order valence-electron chi connectivity index (χ0n) is 61.3. The van der Waals surface area contributed by atoms with E-state index in [1.807, 2.05) is 249 Å². The van der Waals surface area contributed by atoms with Crippen LogP contribution in [0.4, 0.5) is 0 Å². The SMILES string of the molecule is CC.CC.CC.CC.CC.CC.CC.CC.CC.CC.CC.CC.CC.CC.CC.CC.CC.CC.c1ccc(C(c2ccccc2)c2cc(C(c3ccccc3)c3ccccc3)cc(C(c3ccccc3)c3ccccc3)c2)cc1. The van der Waals surface area contributed by atoms with Gasteiger partial charge in [-0.1, -0.05) is 449 Å². The third-order valence-corrected chi connectivity index (χ3v) is 8.80. The standard InChI is InChI=1S/C45H36.18C2H6/c1-7-19-34(20-8-1)43(35-21-9-2-10-22-35)40-31-41(44(36-23-11-3-12-24-36)37-25-13-4-14-26-37)33-42(32-40)45(38-27-15-5-16-28-38)39-29-17-6-18-30-39;18*1-2/h1-33,43-45H;18*1-2H3. The van der Waals surface area contributed by atoms with Crippen LogP contribution in [0.15, 0.2) is 200 Å². The molecule has 0 N–H and O–H groups in total. The van der Waals surface area contributed by atoms with Crippen LogP contribution in [-0.2, 0) is 0 Å². The summed E-state index contributed by atoms with van der Waals surface area (Å²) in [7, 11) is 0. The fourth-order valence-corrected chi connectivity index (χ4v) is 6.81. The Hall–Kier alpha value is -5.46. The molecule has 0 bridgehead atoms. The Morgan fingerprint density at radius 3 is 0.296 bits per heavy atom. The molecule has 0 saturated heterocycles. The summed E-state index contributed by atoms with van der Waals surface area (Å²) in [6.45, 7) is 72.0. The number of benzene rings is 7. The van der Waals surface area contributed by atoms with Crippen LogP contribution < -0.4 is 0 Å². The molecule has 7 aromatic rings. The van der Waals surface area contributed by atoms with E-state index in [0.717, 1.165) is 0 Å². The Bertz CT molecular complexity index is 1550. The van der Waals surface area contributed by atoms with Crippen LogP contribution in [0.3, 0.4) is 0 Å². The van der Waals surface area contributed by atoms with Crippen molar-refractivity contribution in [3.05, 3.63) is 250 Å². The van der Waals surface area contributed by atoms with E-state index in [4.69, 9.17) is 0 Å². The Labute approximate surface area is 514 Å². The van der Waals surface area contributed by atoms with Gasteiger partial charge < -0.3 is 0 Å². The summed E-state index contributed by atoms with van der Waals surface area (Å²) in [6.07, 6.45) is 0. The van der Waals surface area contributed by atoms with Crippen LogP contribution in [0.2, 0.25) is 0 Å². The van der Waals surface area contributed by atoms with E-state index in [-0.39, 0.29) is 17.8 Å². The molecule has 468 valence electrons. The lowest BCUT2D eigenvalue weighted by Crippen LogP contribution is -2.11. The molecular weight excluding hydrogens is 973 g/mol. The van der Waals surface area contributed by atoms with Gasteiger partial charge in [0, 0.05) is 17.8 Å². The molecular formula is C81H144. The minimum absolute atomic E-state index is 0.0884. The molecule has 0 spiro atoms. The molecule has 7 aromatic carbocycles. The summed E-state index contributed by atoms with van der Waals surface area (Å²) in [5.41, 5.74) is 11.6. The van der Waals surface area contributed by atoms with Crippen molar-refractivity contribution in [2.45, 2.75) is 267 Å². The normalized spacial score (nSPS) is 7.59. The first-order chi connectivity index (χ1) is 40.3. The Morgan fingerprint density at radius 1 is 0.123 bits per heavy atom. The Kier molecular flexibility index (Phi) is 128. The van der Waals surface area contributed by atoms with Crippen molar-refractivity contribution in [3.63, 3.8) is 0 Å². The largest absolute Gasteiger partial charge is 0.0683 e. The van der Waals surface area contributed by atoms with E-state index in [1.165, 1.54) is 50.1 Å². The van der Waals surface area contributed by atoms with Gasteiger partial charge in [0.1, 0.15) is 0 Å². The van der Waals surface area contributed by atoms with E-state index in [1.54, 1.807) is 0 Å². The molecule has 0 radical (unpaired) electrons. The molecule has 0 unspecified atom stereocenters. The van der Waals surface area contributed by atoms with Gasteiger partial charge in [0.25, 0.3) is 0 Å². The quantitative estimate of drug-likeness (QED) is 0.126. The van der Waals surface area contributed by atoms with Gasteiger partial charge in [-0.05, 0) is 50.1 Å². The van der Waals surface area contributed by atoms with Crippen LogP contribution in [0, 0.1) is 0 Å². The summed E-state index contributed by atoms with van der Waals surface area (Å²) >= 11 is 0. The fourth-order valence-electron chi connectivity index (χ4n) is 6.81. The lowest BCUT2D eigenvalue weighted by atomic mass is 9.76. The summed E-state index contributed by atoms with van der Waals surface area (Å²) < 4.78 is 0. The van der Waals surface area contributed by atoms with Gasteiger partial charge in [-0.15, -0.1) is 0 Å². The fraction of sp³-hybridized carbons (Fsp3) is 0.481. The van der Waals surface area contributed by atoms with Crippen LogP contribution in [-0.4, -0.2) is 0 Å². The molecule has 0 aliphatic heterocycles. The second-order valence-corrected chi connectivity index (χ2v) is 11.7. The summed E-state index contributed by atoms with van der Waals surface area (Å²) in [5, 5.41) is 0. The third kappa shape index (κ3) is 47.8. The van der Waals surface area contributed by atoms with Gasteiger partial charge in [0.15, 0.2) is 0 Å². The smallest absolute Gasteiger partial charge is 0.0340 e. The minimum Gasteiger partial charge on any atom is -0.0683 e. The second-order valence-electron chi connectivity index (χ2n) is 11.7. The molecule has 0 fully saturated rings. The molecule has 0 heteroatoms. The predicted molar refractivity (Wildman–Crippen MR) is 392 cm³/mol. The molecule has 7 rings (SSSR count). The van der Waals surface area contributed by atoms with E-state index in [9.17, 15) is 0 Å². The van der Waals surface area contributed by atoms with Crippen molar-refractivity contribution in [2.24, 2.45) is 0 Å². The van der Waals surface area contributed by atoms with Crippen LogP contribution in [0.1, 0.15) is 317 Å². The number of hydrogen-bond acceptors (Lipinski definition) is 0. The lowest BCUT2D eigenvalue weighted by Gasteiger charge is -2.27. The average Bonchev–Trinajstić information content (AvgIpc) is 3.66. The number of hydrogen-bond donors (Lipinski definition) is 0. The maximum absolute atomic E-state index is 2.46. The molecule has 81 heavy (non-hydrogen) atoms. The zero-order chi connectivity index (χ0) is 66.3. The summed E-state index contributed by atoms with van der Waals surface area (Å²) in [5.74, 6) is 0.265. The predicted octanol–water partition coefficient (Wildman–Crippen LogP) is 29.7. The van der Waals surface area contributed by atoms with Crippen molar-refractivity contribution in [3.8, 4) is 0 Å². The van der Waals surface area contributed by atoms with Crippen molar-refractivity contribution >= 4 is 0 Å². The third-order valence-electron chi connectivity index (χ3n) is 8.80. The highest BCUT2D eigenvalue weighted by molar-refractivity contribution is 5.54. The first kappa shape index (κ1) is 104. The lowest BCUT2D eigenvalue weighted by molar-refractivity contribution is 0.906. The molecule has 0 amide bonds. The highest BCUT2D eigenvalue weighted by Gasteiger charge is 2.25. The maximum atomic E-state index is 2.46. The van der Waals surface area contributed by atoms with Gasteiger partial charge in [-0.25, -0.2) is 0 Å². The first-order valence-electron chi connectivity index (χ1n) is 33.8. The molecule has 0 aliphatic carbocycles. The van der Waals surface area contributed by atoms with E-state index in [2.05, 4.69) is 200 Å². The minimum atomic E-state index is 0.0884. The van der Waals surface area contributed by atoms with Gasteiger partial charge in [-0.3, -0.25) is 0 Å². The van der Waals surface area contributed by atoms with E-state index >= 15 is 0 Å². The zero-order valence-corrected chi connectivity index (χ0v) is 61.3. The highest BCUT2D eigenvalue weighted by atomic mass is 14.3. The van der Waals surface area contributed by atoms with Crippen LogP contribution in [0.5, 0.6) is 0 Å². The Morgan fingerprint density at radius 2 is 0.210 bits per heavy atom. The molecule has 0 atom stereocenters. The first-order valence-corrected chi connectivity index (χ1v) is 33.8. The van der Waals surface area contributed by atoms with Gasteiger partial charge in [0.05, 0.1) is 0 Å². The van der Waals surface area contributed by atoms with Gasteiger partial charge in [0.2, 0.25) is 0 Å². The second kappa shape index (κ2) is 99.8. The van der Waals surface area contributed by atoms with Crippen molar-refractivity contribution in [2.75, 3.05) is 0 Å². The Balaban J connectivity index is -0.000000113. The van der Waals surface area contributed by atoms with Crippen LogP contribution >= 0.6 is 0 Å². The summed E-state index contributed by atoms with van der Waals surface area (Å²) in [6, 6.07) is 73.1. The van der Waals surface area contributed by atoms with E-state index in [0.29, 0.717) is 0 Å². The van der Waals surface area contributed by atoms with Gasteiger partial charge in [-0.2, -0.15) is 0 Å². The maximum Gasteiger partial charge on any atom is 0.0340 e. The molecule has 0 heterocycles. The van der Waals surface area contributed by atoms with Crippen LogP contribution in [0.25, 0.3) is 0 Å². The highest BCUT2D eigenvalue weighted by Crippen LogP contribution is 2.41. The summed E-state index contributed by atoms with van der Waals surface area (Å²) in [4.78, 5) is 0. The molecule has 0 saturated carbocycles. The van der Waals surface area contributed by atoms with Crippen molar-refractivity contribution in [1.29, 1.82) is 0 Å². The van der Waals surface area contributed by atoms with E-state index < -0.39 is 0 Å². The van der Waals surface area contributed by atoms with Crippen molar-refractivity contribution in [1.82, 2.24) is 0 Å². The average molecular weight is 1120 g/mol.